The van der Waals surface area contributed by atoms with E-state index >= 15 is 0 Å². The Morgan fingerprint density at radius 1 is 1.11 bits per heavy atom. The van der Waals surface area contributed by atoms with Gasteiger partial charge in [0.1, 0.15) is 0 Å². The molecular formula is C11H9F6O. The van der Waals surface area contributed by atoms with Crippen molar-refractivity contribution in [3.8, 4) is 0 Å². The zero-order chi connectivity index (χ0) is 14.2. The molecule has 0 aliphatic rings. The fourth-order valence-corrected chi connectivity index (χ4v) is 1.57. The highest BCUT2D eigenvalue weighted by molar-refractivity contribution is 5.34. The molecular weight excluding hydrogens is 262 g/mol. The Morgan fingerprint density at radius 2 is 1.61 bits per heavy atom. The summed E-state index contributed by atoms with van der Waals surface area (Å²) in [5.74, 6) is 0. The average molecular weight is 271 g/mol. The van der Waals surface area contributed by atoms with E-state index in [4.69, 9.17) is 0 Å². The molecule has 0 saturated heterocycles. The standard InChI is InChI=1S/C11H9F6O/c1-2-7-5-3-4-6-8(7)9(18,10(12,13)14)11(15,16)17/h3-4,6,18H,2H2,1H3. The topological polar surface area (TPSA) is 20.2 Å². The van der Waals surface area contributed by atoms with Crippen LogP contribution in [-0.2, 0) is 12.0 Å². The molecule has 0 spiro atoms. The summed E-state index contributed by atoms with van der Waals surface area (Å²) in [7, 11) is 0. The molecule has 0 aliphatic heterocycles. The van der Waals surface area contributed by atoms with Gasteiger partial charge in [-0.25, -0.2) is 0 Å². The first-order valence-corrected chi connectivity index (χ1v) is 4.91. The molecule has 7 heteroatoms. The van der Waals surface area contributed by atoms with Gasteiger partial charge >= 0.3 is 12.4 Å². The van der Waals surface area contributed by atoms with Crippen LogP contribution in [0.2, 0.25) is 0 Å². The Balaban J connectivity index is 3.56. The Kier molecular flexibility index (Phi) is 3.67. The molecule has 0 heterocycles. The van der Waals surface area contributed by atoms with Gasteiger partial charge in [0.05, 0.1) is 0 Å². The van der Waals surface area contributed by atoms with Crippen LogP contribution < -0.4 is 0 Å². The van der Waals surface area contributed by atoms with Crippen molar-refractivity contribution in [3.63, 3.8) is 0 Å². The van der Waals surface area contributed by atoms with E-state index in [0.717, 1.165) is 6.07 Å². The molecule has 0 unspecified atom stereocenters. The second-order valence-corrected chi connectivity index (χ2v) is 3.62. The maximum absolute atomic E-state index is 12.6. The fourth-order valence-electron chi connectivity index (χ4n) is 1.57. The van der Waals surface area contributed by atoms with Crippen LogP contribution in [0.1, 0.15) is 18.1 Å². The molecule has 1 radical (unpaired) electrons. The second kappa shape index (κ2) is 4.46. The van der Waals surface area contributed by atoms with Crippen LogP contribution in [0.5, 0.6) is 0 Å². The summed E-state index contributed by atoms with van der Waals surface area (Å²) in [6.45, 7) is 1.38. The van der Waals surface area contributed by atoms with Crippen LogP contribution in [-0.4, -0.2) is 17.5 Å². The monoisotopic (exact) mass is 271 g/mol. The van der Waals surface area contributed by atoms with Gasteiger partial charge in [0.15, 0.2) is 0 Å². The molecule has 0 atom stereocenters. The minimum absolute atomic E-state index is 0.107. The van der Waals surface area contributed by atoms with Crippen LogP contribution in [0.25, 0.3) is 0 Å². The van der Waals surface area contributed by atoms with Gasteiger partial charge in [-0.15, -0.1) is 0 Å². The van der Waals surface area contributed by atoms with Crippen molar-refractivity contribution in [3.05, 3.63) is 35.4 Å². The Labute approximate surface area is 99.0 Å². The maximum atomic E-state index is 12.6. The van der Waals surface area contributed by atoms with Gasteiger partial charge in [-0.1, -0.05) is 25.1 Å². The predicted octanol–water partition coefficient (Wildman–Crippen LogP) is 3.36. The number of hydrogen-bond acceptors (Lipinski definition) is 1. The normalized spacial score (nSPS) is 13.8. The summed E-state index contributed by atoms with van der Waals surface area (Å²) in [5, 5.41) is 9.20. The fraction of sp³-hybridized carbons (Fsp3) is 0.455. The second-order valence-electron chi connectivity index (χ2n) is 3.62. The molecule has 1 nitrogen and oxygen atoms in total. The maximum Gasteiger partial charge on any atom is 0.430 e. The molecule has 101 valence electrons. The average Bonchev–Trinajstić information content (AvgIpc) is 2.24. The van der Waals surface area contributed by atoms with E-state index in [0.29, 0.717) is 6.07 Å². The SMILES string of the molecule is CCc1[c]cccc1C(O)(C(F)(F)F)C(F)(F)F. The van der Waals surface area contributed by atoms with Crippen LogP contribution in [0.4, 0.5) is 26.3 Å². The van der Waals surface area contributed by atoms with Crippen molar-refractivity contribution < 1.29 is 31.4 Å². The summed E-state index contributed by atoms with van der Waals surface area (Å²) in [4.78, 5) is 0. The van der Waals surface area contributed by atoms with Gasteiger partial charge < -0.3 is 5.11 Å². The predicted molar refractivity (Wildman–Crippen MR) is 50.7 cm³/mol. The van der Waals surface area contributed by atoms with Crippen LogP contribution >= 0.6 is 0 Å². The van der Waals surface area contributed by atoms with E-state index in [1.54, 1.807) is 0 Å². The molecule has 0 amide bonds. The minimum atomic E-state index is -5.86. The molecule has 0 aliphatic carbocycles. The zero-order valence-electron chi connectivity index (χ0n) is 9.15. The number of halogens is 6. The molecule has 1 aromatic rings. The van der Waals surface area contributed by atoms with E-state index in [1.165, 1.54) is 13.0 Å². The van der Waals surface area contributed by atoms with Gasteiger partial charge in [0.2, 0.25) is 0 Å². The number of hydrogen-bond donors (Lipinski definition) is 1. The zero-order valence-corrected chi connectivity index (χ0v) is 9.15. The molecule has 1 aromatic carbocycles. The first kappa shape index (κ1) is 14.8. The van der Waals surface area contributed by atoms with E-state index in [1.807, 2.05) is 0 Å². The molecule has 1 rings (SSSR count). The third-order valence-electron chi connectivity index (χ3n) is 2.51. The van der Waals surface area contributed by atoms with E-state index in [-0.39, 0.29) is 12.0 Å². The minimum Gasteiger partial charge on any atom is -0.369 e. The highest BCUT2D eigenvalue weighted by Gasteiger charge is 2.71. The quantitative estimate of drug-likeness (QED) is 0.818. The van der Waals surface area contributed by atoms with Crippen molar-refractivity contribution in [1.29, 1.82) is 0 Å². The van der Waals surface area contributed by atoms with Crippen molar-refractivity contribution in [2.45, 2.75) is 31.3 Å². The number of alkyl halides is 6. The Bertz CT molecular complexity index is 406. The highest BCUT2D eigenvalue weighted by atomic mass is 19.4. The Morgan fingerprint density at radius 3 is 2.00 bits per heavy atom. The van der Waals surface area contributed by atoms with E-state index in [2.05, 4.69) is 6.07 Å². The summed E-state index contributed by atoms with van der Waals surface area (Å²) < 4.78 is 75.7. The number of rotatable bonds is 2. The lowest BCUT2D eigenvalue weighted by Gasteiger charge is -2.33. The lowest BCUT2D eigenvalue weighted by molar-refractivity contribution is -0.376. The van der Waals surface area contributed by atoms with Crippen LogP contribution in [0.15, 0.2) is 18.2 Å². The molecule has 0 bridgehead atoms. The third kappa shape index (κ3) is 2.19. The summed E-state index contributed by atoms with van der Waals surface area (Å²) in [6.07, 6.45) is -11.8. The number of aliphatic hydroxyl groups is 1. The number of benzene rings is 1. The largest absolute Gasteiger partial charge is 0.430 e. The van der Waals surface area contributed by atoms with Gasteiger partial charge in [0, 0.05) is 5.56 Å². The number of aryl methyl sites for hydroxylation is 1. The van der Waals surface area contributed by atoms with Crippen molar-refractivity contribution in [2.75, 3.05) is 0 Å². The van der Waals surface area contributed by atoms with Crippen molar-refractivity contribution >= 4 is 0 Å². The van der Waals surface area contributed by atoms with Crippen molar-refractivity contribution in [1.82, 2.24) is 0 Å². The van der Waals surface area contributed by atoms with E-state index < -0.39 is 23.5 Å². The summed E-state index contributed by atoms with van der Waals surface area (Å²) >= 11 is 0. The molecule has 0 fully saturated rings. The van der Waals surface area contributed by atoms with Crippen LogP contribution in [0, 0.1) is 6.07 Å². The van der Waals surface area contributed by atoms with Gasteiger partial charge in [-0.2, -0.15) is 26.3 Å². The lowest BCUT2D eigenvalue weighted by Crippen LogP contribution is -2.54. The van der Waals surface area contributed by atoms with Crippen molar-refractivity contribution in [2.24, 2.45) is 0 Å². The molecule has 0 aromatic heterocycles. The first-order chi connectivity index (χ1) is 8.05. The molecule has 0 saturated carbocycles. The van der Waals surface area contributed by atoms with Gasteiger partial charge in [-0.3, -0.25) is 0 Å². The summed E-state index contributed by atoms with van der Waals surface area (Å²) in [5.41, 5.74) is -6.43. The van der Waals surface area contributed by atoms with Crippen LogP contribution in [0.3, 0.4) is 0 Å². The molecule has 18 heavy (non-hydrogen) atoms. The first-order valence-electron chi connectivity index (χ1n) is 4.91. The van der Waals surface area contributed by atoms with Gasteiger partial charge in [-0.05, 0) is 18.1 Å². The van der Waals surface area contributed by atoms with E-state index in [9.17, 15) is 31.4 Å². The summed E-state index contributed by atoms with van der Waals surface area (Å²) in [6, 6.07) is 5.04. The Hall–Kier alpha value is -1.24. The smallest absolute Gasteiger partial charge is 0.369 e. The lowest BCUT2D eigenvalue weighted by atomic mass is 9.87. The molecule has 1 N–H and O–H groups in total. The van der Waals surface area contributed by atoms with Gasteiger partial charge in [0.25, 0.3) is 5.60 Å². The highest BCUT2D eigenvalue weighted by Crippen LogP contribution is 2.50. The third-order valence-corrected chi connectivity index (χ3v) is 2.51.